The molecule has 1 radical (unpaired) electrons. The molecule has 5 heterocycles. The summed E-state index contributed by atoms with van der Waals surface area (Å²) in [5, 5.41) is 15.2. The molecular formula is C42H50BN12O6. The number of anilines is 1. The lowest BCUT2D eigenvalue weighted by Crippen LogP contribution is -2.43. The number of benzene rings is 2. The monoisotopic (exact) mass is 829 g/mol. The number of primary amides is 1. The van der Waals surface area contributed by atoms with Crippen molar-refractivity contribution in [3.05, 3.63) is 82.5 Å². The molecule has 0 saturated carbocycles. The van der Waals surface area contributed by atoms with Crippen molar-refractivity contribution in [2.75, 3.05) is 51.8 Å². The van der Waals surface area contributed by atoms with E-state index in [1.165, 1.54) is 14.4 Å². The van der Waals surface area contributed by atoms with Gasteiger partial charge >= 0.3 is 0 Å². The molecule has 4 aromatic heterocycles. The summed E-state index contributed by atoms with van der Waals surface area (Å²) in [6, 6.07) is 9.92. The second-order valence-corrected chi connectivity index (χ2v) is 14.7. The van der Waals surface area contributed by atoms with Gasteiger partial charge in [-0.2, -0.15) is 10.2 Å². The summed E-state index contributed by atoms with van der Waals surface area (Å²) >= 11 is 0. The maximum atomic E-state index is 13.9. The number of hydrogen-bond donors (Lipinski definition) is 3. The van der Waals surface area contributed by atoms with Crippen molar-refractivity contribution in [3.63, 3.8) is 0 Å². The van der Waals surface area contributed by atoms with Crippen molar-refractivity contribution in [2.45, 2.75) is 60.3 Å². The normalized spacial score (nSPS) is 13.3. The number of nitrogens with two attached hydrogens (primary N) is 1. The number of carbonyl (C=O) groups excluding carboxylic acids is 4. The predicted molar refractivity (Wildman–Crippen MR) is 231 cm³/mol. The van der Waals surface area contributed by atoms with Crippen LogP contribution in [0.4, 0.5) is 5.95 Å². The number of amides is 2. The quantitative estimate of drug-likeness (QED) is 0.0466. The summed E-state index contributed by atoms with van der Waals surface area (Å²) in [4.78, 5) is 63.8. The predicted octanol–water partition coefficient (Wildman–Crippen LogP) is 2.71. The smallest absolute Gasteiger partial charge is 0.299 e. The minimum atomic E-state index is -0.633. The van der Waals surface area contributed by atoms with Gasteiger partial charge in [-0.15, -0.1) is 0 Å². The van der Waals surface area contributed by atoms with Crippen LogP contribution in [0.1, 0.15) is 73.3 Å². The van der Waals surface area contributed by atoms with Crippen LogP contribution in [-0.2, 0) is 26.2 Å². The zero-order valence-corrected chi connectivity index (χ0v) is 35.1. The molecule has 1 aliphatic rings. The molecule has 0 aliphatic carbocycles. The second kappa shape index (κ2) is 18.8. The van der Waals surface area contributed by atoms with Gasteiger partial charge in [-0.3, -0.25) is 29.1 Å². The van der Waals surface area contributed by atoms with Gasteiger partial charge < -0.3 is 39.4 Å². The first kappa shape index (κ1) is 42.5. The summed E-state index contributed by atoms with van der Waals surface area (Å²) < 4.78 is 19.0. The third-order valence-corrected chi connectivity index (χ3v) is 10.5. The van der Waals surface area contributed by atoms with Crippen LogP contribution in [0.25, 0.3) is 22.1 Å². The van der Waals surface area contributed by atoms with E-state index in [1.54, 1.807) is 50.3 Å². The number of nitrogens with one attached hydrogen (secondary N) is 2. The van der Waals surface area contributed by atoms with E-state index in [2.05, 4.69) is 25.7 Å². The molecule has 1 saturated heterocycles. The number of fused-ring (bicyclic) bond motifs is 2. The van der Waals surface area contributed by atoms with E-state index < -0.39 is 11.8 Å². The first-order valence-electron chi connectivity index (χ1n) is 20.4. The number of nitrogens with zero attached hydrogens (tertiary/aromatic N) is 9. The number of ether oxygens (including phenoxy) is 2. The molecular weight excluding hydrogens is 779 g/mol. The van der Waals surface area contributed by atoms with Gasteiger partial charge in [0.1, 0.15) is 40.2 Å². The number of allylic oxidation sites excluding steroid dienone is 2. The summed E-state index contributed by atoms with van der Waals surface area (Å²) in [5.41, 5.74) is 10.7. The Bertz CT molecular complexity index is 2630. The Morgan fingerprint density at radius 3 is 2.20 bits per heavy atom. The Morgan fingerprint density at radius 1 is 0.869 bits per heavy atom. The number of hydrogen-bond acceptors (Lipinski definition) is 12. The van der Waals surface area contributed by atoms with Crippen LogP contribution in [-0.4, -0.2) is 121 Å². The molecule has 317 valence electrons. The average Bonchev–Trinajstić information content (AvgIpc) is 4.02. The lowest BCUT2D eigenvalue weighted by Gasteiger charge is -2.27. The number of piperazine rings is 1. The van der Waals surface area contributed by atoms with E-state index >= 15 is 0 Å². The highest BCUT2D eigenvalue weighted by Crippen LogP contribution is 2.31. The summed E-state index contributed by atoms with van der Waals surface area (Å²) in [7, 11) is 2.97. The van der Waals surface area contributed by atoms with Crippen molar-refractivity contribution in [2.24, 2.45) is 5.73 Å². The number of methoxy groups -OCH3 is 1. The lowest BCUT2D eigenvalue weighted by atomic mass is 9.70. The average molecular weight is 830 g/mol. The zero-order chi connectivity index (χ0) is 43.2. The molecule has 1 aliphatic heterocycles. The summed E-state index contributed by atoms with van der Waals surface area (Å²) in [6.07, 6.45) is 5.26. The lowest BCUT2D eigenvalue weighted by molar-refractivity contribution is 0.0995. The summed E-state index contributed by atoms with van der Waals surface area (Å²) in [6.45, 7) is 14.0. The molecule has 2 aromatic carbocycles. The molecule has 0 spiro atoms. The van der Waals surface area contributed by atoms with Crippen LogP contribution in [0, 0.1) is 13.8 Å². The molecule has 18 nitrogen and oxygen atoms in total. The Labute approximate surface area is 353 Å². The fourth-order valence-electron chi connectivity index (χ4n) is 7.62. The number of aldehydes is 1. The standard InChI is InChI=1S/C42H50BN12O6/c1-6-54-32(19-26(3)49-54)38(57)43-41-46-31-23-29(39(44)58)24-35(61-18-10-13-51-16-11-45-12-17-51)37(31)52(41)14-8-9-15-53-36-30(21-28(25-56)22-34(36)60-5)47-42(53)48-40(59)33-20-27(4)50-55(33)7-2/h8-9,19-25,45H,6-7,10-18H2,1-5H3,(H2,44,58)(H,47,48,59)/b9-8+. The highest BCUT2D eigenvalue weighted by molar-refractivity contribution is 6.86. The van der Waals surface area contributed by atoms with Crippen LogP contribution in [0.15, 0.2) is 48.6 Å². The second-order valence-electron chi connectivity index (χ2n) is 14.7. The van der Waals surface area contributed by atoms with Crippen LogP contribution in [0.2, 0.25) is 0 Å². The van der Waals surface area contributed by atoms with E-state index in [-0.39, 0.29) is 30.3 Å². The number of aryl methyl sites for hydroxylation is 4. The molecule has 4 N–H and O–H groups in total. The van der Waals surface area contributed by atoms with Gasteiger partial charge in [0.25, 0.3) is 13.2 Å². The number of imidazole rings is 2. The van der Waals surface area contributed by atoms with Gasteiger partial charge in [-0.05, 0) is 70.5 Å². The fourth-order valence-corrected chi connectivity index (χ4v) is 7.62. The summed E-state index contributed by atoms with van der Waals surface area (Å²) in [5.74, 6) is 0.0153. The first-order valence-corrected chi connectivity index (χ1v) is 20.4. The minimum absolute atomic E-state index is 0.218. The highest BCUT2D eigenvalue weighted by atomic mass is 16.5. The molecule has 1 fully saturated rings. The van der Waals surface area contributed by atoms with Crippen molar-refractivity contribution < 1.29 is 28.7 Å². The van der Waals surface area contributed by atoms with Crippen LogP contribution < -0.4 is 31.6 Å². The maximum absolute atomic E-state index is 13.9. The van der Waals surface area contributed by atoms with Crippen LogP contribution >= 0.6 is 0 Å². The van der Waals surface area contributed by atoms with Crippen molar-refractivity contribution >= 4 is 64.8 Å². The van der Waals surface area contributed by atoms with Crippen LogP contribution in [0.5, 0.6) is 11.5 Å². The topological polar surface area (TPSA) is 211 Å². The highest BCUT2D eigenvalue weighted by Gasteiger charge is 2.24. The number of carbonyl (C=O) groups is 4. The minimum Gasteiger partial charge on any atom is -0.494 e. The van der Waals surface area contributed by atoms with E-state index in [0.717, 1.165) is 39.1 Å². The van der Waals surface area contributed by atoms with Gasteiger partial charge in [0.05, 0.1) is 47.6 Å². The van der Waals surface area contributed by atoms with Crippen molar-refractivity contribution in [1.29, 1.82) is 0 Å². The Hall–Kier alpha value is -6.60. The van der Waals surface area contributed by atoms with Crippen molar-refractivity contribution in [3.8, 4) is 11.5 Å². The van der Waals surface area contributed by atoms with Gasteiger partial charge in [0, 0.05) is 70.0 Å². The largest absolute Gasteiger partial charge is 0.494 e. The Balaban J connectivity index is 1.24. The number of aromatic nitrogens is 8. The third kappa shape index (κ3) is 9.27. The Morgan fingerprint density at radius 2 is 1.52 bits per heavy atom. The van der Waals surface area contributed by atoms with Crippen LogP contribution in [0.3, 0.4) is 0 Å². The van der Waals surface area contributed by atoms with Gasteiger partial charge in [-0.25, -0.2) is 9.97 Å². The van der Waals surface area contributed by atoms with Crippen molar-refractivity contribution in [1.82, 2.24) is 48.9 Å². The molecule has 2 amide bonds. The first-order chi connectivity index (χ1) is 29.5. The molecule has 6 aromatic rings. The SMILES string of the molecule is CCn1nc(C)cc1C(=O)[B]c1nc2cc(C(N)=O)cc(OCCCN3CCNCC3)c2n1C/C=C/Cn1c(NC(=O)c2cc(C)nn2CC)nc2cc(C=O)cc(OC)c21. The molecule has 7 rings (SSSR count). The maximum Gasteiger partial charge on any atom is 0.299 e. The fraction of sp³-hybridized carbons (Fsp3) is 0.381. The molecule has 0 unspecified atom stereocenters. The molecule has 0 atom stereocenters. The van der Waals surface area contributed by atoms with Gasteiger partial charge in [0.15, 0.2) is 0 Å². The molecule has 19 heteroatoms. The zero-order valence-electron chi connectivity index (χ0n) is 35.1. The van der Waals surface area contributed by atoms with E-state index in [1.807, 2.05) is 44.4 Å². The molecule has 61 heavy (non-hydrogen) atoms. The van der Waals surface area contributed by atoms with E-state index in [4.69, 9.17) is 25.2 Å². The molecule has 0 bridgehead atoms. The van der Waals surface area contributed by atoms with E-state index in [9.17, 15) is 19.2 Å². The van der Waals surface area contributed by atoms with Gasteiger partial charge in [-0.1, -0.05) is 12.2 Å². The van der Waals surface area contributed by atoms with Gasteiger partial charge in [0.2, 0.25) is 11.9 Å². The number of rotatable bonds is 19. The van der Waals surface area contributed by atoms with E-state index in [0.29, 0.717) is 93.6 Å². The Kier molecular flexibility index (Phi) is 13.1. The third-order valence-electron chi connectivity index (χ3n) is 10.5.